The largest absolute Gasteiger partial charge is 0.474 e. The van der Waals surface area contributed by atoms with Crippen LogP contribution in [-0.4, -0.2) is 34.6 Å². The molecule has 2 rings (SSSR count). The summed E-state index contributed by atoms with van der Waals surface area (Å²) in [6.07, 6.45) is 8.39. The quantitative estimate of drug-likeness (QED) is 0.513. The van der Waals surface area contributed by atoms with E-state index < -0.39 is 0 Å². The molecule has 1 fully saturated rings. The van der Waals surface area contributed by atoms with Crippen molar-refractivity contribution in [3.05, 3.63) is 47.5 Å². The van der Waals surface area contributed by atoms with Crippen LogP contribution in [-0.2, 0) is 11.2 Å². The monoisotopic (exact) mass is 345 g/mol. The molecule has 0 amide bonds. The molecule has 1 aliphatic heterocycles. The van der Waals surface area contributed by atoms with Gasteiger partial charge in [0.1, 0.15) is 5.60 Å². The lowest BCUT2D eigenvalue weighted by Gasteiger charge is -2.36. The van der Waals surface area contributed by atoms with Gasteiger partial charge in [0.15, 0.2) is 5.88 Å². The molecule has 0 aromatic carbocycles. The third-order valence-electron chi connectivity index (χ3n) is 4.67. The van der Waals surface area contributed by atoms with Crippen LogP contribution in [0, 0.1) is 10.8 Å². The maximum atomic E-state index is 11.2. The van der Waals surface area contributed by atoms with Gasteiger partial charge >= 0.3 is 0 Å². The van der Waals surface area contributed by atoms with Crippen molar-refractivity contribution in [1.82, 2.24) is 9.88 Å². The Morgan fingerprint density at radius 1 is 1.36 bits per heavy atom. The third-order valence-corrected chi connectivity index (χ3v) is 4.67. The highest BCUT2D eigenvalue weighted by Crippen LogP contribution is 2.27. The summed E-state index contributed by atoms with van der Waals surface area (Å²) in [6, 6.07) is 3.77. The second kappa shape index (κ2) is 8.97. The number of aromatic nitrogens is 1. The molecule has 0 aliphatic carbocycles. The van der Waals surface area contributed by atoms with Crippen LogP contribution in [0.25, 0.3) is 0 Å². The lowest BCUT2D eigenvalue weighted by atomic mass is 9.89. The zero-order valence-corrected chi connectivity index (χ0v) is 15.8. The van der Waals surface area contributed by atoms with Crippen molar-refractivity contribution in [3.63, 3.8) is 0 Å². The Morgan fingerprint density at radius 2 is 2.00 bits per heavy atom. The van der Waals surface area contributed by atoms with Crippen molar-refractivity contribution in [2.45, 2.75) is 64.5 Å². The van der Waals surface area contributed by atoms with Crippen LogP contribution in [0.3, 0.4) is 0 Å². The average Bonchev–Trinajstić information content (AvgIpc) is 2.58. The molecule has 1 atom stereocenters. The van der Waals surface area contributed by atoms with E-state index in [0.717, 1.165) is 50.2 Å². The molecule has 0 radical (unpaired) electrons. The molecule has 138 valence electrons. The molecule has 0 saturated carbocycles. The summed E-state index contributed by atoms with van der Waals surface area (Å²) < 4.78 is 5.86. The number of nitroso groups, excluding NO2 is 1. The molecule has 1 unspecified atom stereocenters. The van der Waals surface area contributed by atoms with Crippen LogP contribution in [0.1, 0.15) is 52.0 Å². The first-order valence-corrected chi connectivity index (χ1v) is 9.21. The maximum absolute atomic E-state index is 11.2. The normalized spacial score (nSPS) is 17.2. The van der Waals surface area contributed by atoms with Crippen LogP contribution in [0.5, 0.6) is 0 Å². The summed E-state index contributed by atoms with van der Waals surface area (Å²) in [5.74, 6) is 1.43. The van der Waals surface area contributed by atoms with E-state index in [4.69, 9.17) is 4.74 Å². The van der Waals surface area contributed by atoms with Gasteiger partial charge < -0.3 is 9.64 Å². The van der Waals surface area contributed by atoms with E-state index in [1.54, 1.807) is 12.4 Å². The van der Waals surface area contributed by atoms with E-state index in [9.17, 15) is 4.91 Å². The predicted octanol–water partition coefficient (Wildman–Crippen LogP) is 4.54. The zero-order chi connectivity index (χ0) is 18.3. The fourth-order valence-corrected chi connectivity index (χ4v) is 3.30. The highest BCUT2D eigenvalue weighted by atomic mass is 16.5. The summed E-state index contributed by atoms with van der Waals surface area (Å²) >= 11 is 0. The molecule has 1 aromatic rings. The molecule has 1 saturated heterocycles. The molecule has 5 nitrogen and oxygen atoms in total. The smallest absolute Gasteiger partial charge is 0.182 e. The SMILES string of the molecule is C=C(OC(C)(C)C)N1CCC(CCC(Cc2ccncc2)N=O)CC1. The number of rotatable bonds is 8. The van der Waals surface area contributed by atoms with Crippen molar-refractivity contribution >= 4 is 0 Å². The van der Waals surface area contributed by atoms with Gasteiger partial charge in [0.2, 0.25) is 0 Å². The third kappa shape index (κ3) is 6.85. The van der Waals surface area contributed by atoms with Gasteiger partial charge in [-0.1, -0.05) is 5.18 Å². The standard InChI is InChI=1S/C20H31N3O2/c1-16(25-20(2,3)4)23-13-9-17(10-14-23)5-6-19(22-24)15-18-7-11-21-12-8-18/h7-8,11-12,17,19H,1,5-6,9-10,13-15H2,2-4H3. The van der Waals surface area contributed by atoms with Gasteiger partial charge in [0.05, 0.1) is 6.04 Å². The number of pyridine rings is 1. The minimum absolute atomic E-state index is 0.139. The van der Waals surface area contributed by atoms with Crippen LogP contribution < -0.4 is 0 Å². The summed E-state index contributed by atoms with van der Waals surface area (Å²) in [4.78, 5) is 17.4. The van der Waals surface area contributed by atoms with Crippen LogP contribution in [0.15, 0.2) is 42.2 Å². The topological polar surface area (TPSA) is 54.8 Å². The van der Waals surface area contributed by atoms with Gasteiger partial charge in [-0.2, -0.15) is 4.91 Å². The fourth-order valence-electron chi connectivity index (χ4n) is 3.30. The van der Waals surface area contributed by atoms with E-state index in [2.05, 4.69) is 21.6 Å². The molecule has 1 aromatic heterocycles. The Labute approximate surface area is 151 Å². The summed E-state index contributed by atoms with van der Waals surface area (Å²) in [5, 5.41) is 3.34. The number of nitrogens with zero attached hydrogens (tertiary/aromatic N) is 3. The highest BCUT2D eigenvalue weighted by Gasteiger charge is 2.24. The Balaban J connectivity index is 1.72. The van der Waals surface area contributed by atoms with Gasteiger partial charge in [0, 0.05) is 25.5 Å². The highest BCUT2D eigenvalue weighted by molar-refractivity contribution is 5.11. The van der Waals surface area contributed by atoms with E-state index in [0.29, 0.717) is 12.3 Å². The summed E-state index contributed by atoms with van der Waals surface area (Å²) in [7, 11) is 0. The van der Waals surface area contributed by atoms with Crippen LogP contribution in [0.2, 0.25) is 0 Å². The molecule has 0 spiro atoms. The van der Waals surface area contributed by atoms with E-state index in [1.807, 2.05) is 32.9 Å². The van der Waals surface area contributed by atoms with Crippen LogP contribution >= 0.6 is 0 Å². The molecule has 2 heterocycles. The van der Waals surface area contributed by atoms with Gasteiger partial charge in [-0.25, -0.2) is 0 Å². The van der Waals surface area contributed by atoms with Crippen molar-refractivity contribution < 1.29 is 4.74 Å². The summed E-state index contributed by atoms with van der Waals surface area (Å²) in [5.41, 5.74) is 0.925. The Bertz CT molecular complexity index is 546. The van der Waals surface area contributed by atoms with E-state index in [-0.39, 0.29) is 11.6 Å². The number of likely N-dealkylation sites (tertiary alicyclic amines) is 1. The van der Waals surface area contributed by atoms with Gasteiger partial charge in [-0.05, 0) is 83.1 Å². The van der Waals surface area contributed by atoms with Crippen molar-refractivity contribution in [1.29, 1.82) is 0 Å². The Kier molecular flexibility index (Phi) is 6.97. The summed E-state index contributed by atoms with van der Waals surface area (Å²) in [6.45, 7) is 12.1. The second-order valence-corrected chi connectivity index (χ2v) is 7.93. The van der Waals surface area contributed by atoms with Crippen LogP contribution in [0.4, 0.5) is 0 Å². The average molecular weight is 345 g/mol. The van der Waals surface area contributed by atoms with E-state index >= 15 is 0 Å². The lowest BCUT2D eigenvalue weighted by Crippen LogP contribution is -2.36. The van der Waals surface area contributed by atoms with Gasteiger partial charge in [-0.15, -0.1) is 0 Å². The molecule has 0 N–H and O–H groups in total. The number of hydrogen-bond acceptors (Lipinski definition) is 5. The Morgan fingerprint density at radius 3 is 2.56 bits per heavy atom. The number of piperidine rings is 1. The number of hydrogen-bond donors (Lipinski definition) is 0. The Hall–Kier alpha value is -1.91. The molecular formula is C20H31N3O2. The van der Waals surface area contributed by atoms with Crippen molar-refractivity contribution in [2.75, 3.05) is 13.1 Å². The first-order valence-electron chi connectivity index (χ1n) is 9.21. The molecular weight excluding hydrogens is 314 g/mol. The lowest BCUT2D eigenvalue weighted by molar-refractivity contribution is -0.00590. The second-order valence-electron chi connectivity index (χ2n) is 7.93. The minimum atomic E-state index is -0.205. The van der Waals surface area contributed by atoms with Crippen molar-refractivity contribution in [2.24, 2.45) is 11.1 Å². The molecule has 5 heteroatoms. The van der Waals surface area contributed by atoms with Gasteiger partial charge in [0.25, 0.3) is 0 Å². The number of ether oxygens (including phenoxy) is 1. The van der Waals surface area contributed by atoms with E-state index in [1.165, 1.54) is 0 Å². The molecule has 1 aliphatic rings. The van der Waals surface area contributed by atoms with Crippen molar-refractivity contribution in [3.8, 4) is 0 Å². The molecule has 25 heavy (non-hydrogen) atoms. The fraction of sp³-hybridized carbons (Fsp3) is 0.650. The van der Waals surface area contributed by atoms with Gasteiger partial charge in [-0.3, -0.25) is 4.98 Å². The zero-order valence-electron chi connectivity index (χ0n) is 15.8. The predicted molar refractivity (Wildman–Crippen MR) is 101 cm³/mol. The minimum Gasteiger partial charge on any atom is -0.474 e. The molecule has 0 bridgehead atoms. The first-order chi connectivity index (χ1) is 11.9. The first kappa shape index (κ1) is 19.4. The maximum Gasteiger partial charge on any atom is 0.182 e.